The molecule has 0 spiro atoms. The molecular weight excluding hydrogens is 340 g/mol. The first kappa shape index (κ1) is 13.5. The lowest BCUT2D eigenvalue weighted by molar-refractivity contribution is 0.601. The number of sulfonamides is 1. The van der Waals surface area contributed by atoms with Crippen LogP contribution in [0.3, 0.4) is 0 Å². The van der Waals surface area contributed by atoms with E-state index in [2.05, 4.69) is 26.0 Å². The standard InChI is InChI=1S/C14H13BrN2O2S/c15-11-2-4-12(5-3-11)17-20(18,19)13-6-1-10-7-8-16-14(10)9-13/h1-6,9,16-17H,7-8H2. The molecule has 1 aliphatic rings. The number of rotatable bonds is 3. The molecule has 0 bridgehead atoms. The van der Waals surface area contributed by atoms with Gasteiger partial charge in [0, 0.05) is 22.4 Å². The van der Waals surface area contributed by atoms with E-state index in [0.29, 0.717) is 5.69 Å². The maximum atomic E-state index is 12.3. The third kappa shape index (κ3) is 2.66. The van der Waals surface area contributed by atoms with Crippen LogP contribution >= 0.6 is 15.9 Å². The van der Waals surface area contributed by atoms with Crippen LogP contribution < -0.4 is 10.0 Å². The van der Waals surface area contributed by atoms with Gasteiger partial charge in [-0.3, -0.25) is 4.72 Å². The molecule has 20 heavy (non-hydrogen) atoms. The van der Waals surface area contributed by atoms with Crippen LogP contribution in [0.15, 0.2) is 51.8 Å². The topological polar surface area (TPSA) is 58.2 Å². The highest BCUT2D eigenvalue weighted by Gasteiger charge is 2.18. The van der Waals surface area contributed by atoms with Crippen LogP contribution in [0, 0.1) is 0 Å². The smallest absolute Gasteiger partial charge is 0.261 e. The number of benzene rings is 2. The second-order valence-electron chi connectivity index (χ2n) is 4.61. The van der Waals surface area contributed by atoms with Gasteiger partial charge in [-0.05, 0) is 48.4 Å². The van der Waals surface area contributed by atoms with E-state index in [1.54, 1.807) is 36.4 Å². The summed E-state index contributed by atoms with van der Waals surface area (Å²) >= 11 is 3.32. The first-order valence-electron chi connectivity index (χ1n) is 6.20. The van der Waals surface area contributed by atoms with Gasteiger partial charge in [0.1, 0.15) is 0 Å². The first-order chi connectivity index (χ1) is 9.54. The molecule has 0 amide bonds. The second kappa shape index (κ2) is 5.10. The SMILES string of the molecule is O=S(=O)(Nc1ccc(Br)cc1)c1ccc2c(c1)NCC2. The lowest BCUT2D eigenvalue weighted by Gasteiger charge is -2.09. The Kier molecular flexibility index (Phi) is 3.43. The fourth-order valence-electron chi connectivity index (χ4n) is 2.17. The minimum absolute atomic E-state index is 0.272. The van der Waals surface area contributed by atoms with E-state index in [-0.39, 0.29) is 4.90 Å². The second-order valence-corrected chi connectivity index (χ2v) is 7.21. The Hall–Kier alpha value is -1.53. The zero-order valence-electron chi connectivity index (χ0n) is 10.6. The highest BCUT2D eigenvalue weighted by atomic mass is 79.9. The van der Waals surface area contributed by atoms with E-state index in [1.165, 1.54) is 0 Å². The third-order valence-electron chi connectivity index (χ3n) is 3.20. The van der Waals surface area contributed by atoms with Crippen molar-refractivity contribution in [3.8, 4) is 0 Å². The molecule has 6 heteroatoms. The molecule has 2 N–H and O–H groups in total. The summed E-state index contributed by atoms with van der Waals surface area (Å²) in [7, 11) is -3.55. The van der Waals surface area contributed by atoms with Crippen LogP contribution in [-0.2, 0) is 16.4 Å². The zero-order valence-corrected chi connectivity index (χ0v) is 13.0. The van der Waals surface area contributed by atoms with Gasteiger partial charge in [0.15, 0.2) is 0 Å². The van der Waals surface area contributed by atoms with E-state index in [4.69, 9.17) is 0 Å². The van der Waals surface area contributed by atoms with E-state index >= 15 is 0 Å². The molecule has 1 aliphatic heterocycles. The number of hydrogen-bond acceptors (Lipinski definition) is 3. The maximum absolute atomic E-state index is 12.3. The van der Waals surface area contributed by atoms with Gasteiger partial charge in [-0.15, -0.1) is 0 Å². The van der Waals surface area contributed by atoms with Crippen LogP contribution in [-0.4, -0.2) is 15.0 Å². The summed E-state index contributed by atoms with van der Waals surface area (Å²) in [5, 5.41) is 3.19. The Labute approximate surface area is 126 Å². The summed E-state index contributed by atoms with van der Waals surface area (Å²) in [6.07, 6.45) is 0.940. The van der Waals surface area contributed by atoms with Crippen LogP contribution in [0.5, 0.6) is 0 Å². The Balaban J connectivity index is 1.90. The first-order valence-corrected chi connectivity index (χ1v) is 8.47. The van der Waals surface area contributed by atoms with Crippen molar-refractivity contribution in [3.63, 3.8) is 0 Å². The van der Waals surface area contributed by atoms with Crippen LogP contribution in [0.4, 0.5) is 11.4 Å². The van der Waals surface area contributed by atoms with Crippen LogP contribution in [0.25, 0.3) is 0 Å². The van der Waals surface area contributed by atoms with E-state index in [1.807, 2.05) is 6.07 Å². The minimum Gasteiger partial charge on any atom is -0.384 e. The zero-order chi connectivity index (χ0) is 14.2. The highest BCUT2D eigenvalue weighted by molar-refractivity contribution is 9.10. The molecule has 0 aromatic heterocycles. The fraction of sp³-hybridized carbons (Fsp3) is 0.143. The Morgan fingerprint density at radius 1 is 1.10 bits per heavy atom. The van der Waals surface area contributed by atoms with Gasteiger partial charge in [-0.2, -0.15) is 0 Å². The molecule has 0 saturated heterocycles. The van der Waals surface area contributed by atoms with Gasteiger partial charge in [0.05, 0.1) is 4.90 Å². The van der Waals surface area contributed by atoms with Crippen LogP contribution in [0.1, 0.15) is 5.56 Å². The number of halogens is 1. The van der Waals surface area contributed by atoms with Gasteiger partial charge in [-0.1, -0.05) is 22.0 Å². The summed E-state index contributed by atoms with van der Waals surface area (Å²) in [4.78, 5) is 0.272. The molecule has 0 aliphatic carbocycles. The predicted molar refractivity (Wildman–Crippen MR) is 83.6 cm³/mol. The van der Waals surface area contributed by atoms with Crippen molar-refractivity contribution in [2.24, 2.45) is 0 Å². The summed E-state index contributed by atoms with van der Waals surface area (Å²) in [6.45, 7) is 0.860. The monoisotopic (exact) mass is 352 g/mol. The molecule has 1 heterocycles. The molecule has 104 valence electrons. The predicted octanol–water partition coefficient (Wildman–Crippen LogP) is 3.22. The molecule has 0 unspecified atom stereocenters. The highest BCUT2D eigenvalue weighted by Crippen LogP contribution is 2.26. The quantitative estimate of drug-likeness (QED) is 0.891. The normalized spacial score (nSPS) is 13.7. The average molecular weight is 353 g/mol. The molecular formula is C14H13BrN2O2S. The largest absolute Gasteiger partial charge is 0.384 e. The Bertz CT molecular complexity index is 742. The van der Waals surface area contributed by atoms with Crippen molar-refractivity contribution in [1.82, 2.24) is 0 Å². The van der Waals surface area contributed by atoms with Gasteiger partial charge < -0.3 is 5.32 Å². The van der Waals surface area contributed by atoms with E-state index in [0.717, 1.165) is 28.7 Å². The lowest BCUT2D eigenvalue weighted by atomic mass is 10.2. The molecule has 4 nitrogen and oxygen atoms in total. The summed E-state index contributed by atoms with van der Waals surface area (Å²) in [5.74, 6) is 0. The van der Waals surface area contributed by atoms with Crippen molar-refractivity contribution in [2.75, 3.05) is 16.6 Å². The maximum Gasteiger partial charge on any atom is 0.261 e. The summed E-state index contributed by atoms with van der Waals surface area (Å²) in [6, 6.07) is 12.2. The van der Waals surface area contributed by atoms with E-state index in [9.17, 15) is 8.42 Å². The molecule has 0 atom stereocenters. The van der Waals surface area contributed by atoms with Crippen molar-refractivity contribution in [3.05, 3.63) is 52.5 Å². The lowest BCUT2D eigenvalue weighted by Crippen LogP contribution is -2.13. The van der Waals surface area contributed by atoms with Crippen molar-refractivity contribution < 1.29 is 8.42 Å². The van der Waals surface area contributed by atoms with Crippen molar-refractivity contribution in [1.29, 1.82) is 0 Å². The minimum atomic E-state index is -3.55. The van der Waals surface area contributed by atoms with E-state index < -0.39 is 10.0 Å². The Morgan fingerprint density at radius 3 is 2.60 bits per heavy atom. The van der Waals surface area contributed by atoms with Crippen molar-refractivity contribution in [2.45, 2.75) is 11.3 Å². The fourth-order valence-corrected chi connectivity index (χ4v) is 3.52. The van der Waals surface area contributed by atoms with Gasteiger partial charge in [0.2, 0.25) is 0 Å². The number of fused-ring (bicyclic) bond motifs is 1. The third-order valence-corrected chi connectivity index (χ3v) is 5.11. The molecule has 0 saturated carbocycles. The number of hydrogen-bond donors (Lipinski definition) is 2. The summed E-state index contributed by atoms with van der Waals surface area (Å²) in [5.41, 5.74) is 2.61. The van der Waals surface area contributed by atoms with Gasteiger partial charge in [-0.25, -0.2) is 8.42 Å². The molecule has 3 rings (SSSR count). The molecule has 2 aromatic carbocycles. The summed E-state index contributed by atoms with van der Waals surface area (Å²) < 4.78 is 28.2. The van der Waals surface area contributed by atoms with Crippen molar-refractivity contribution >= 4 is 37.3 Å². The molecule has 0 fully saturated rings. The molecule has 2 aromatic rings. The molecule has 0 radical (unpaired) electrons. The average Bonchev–Trinajstić information content (AvgIpc) is 2.88. The van der Waals surface area contributed by atoms with Gasteiger partial charge >= 0.3 is 0 Å². The number of anilines is 2. The Morgan fingerprint density at radius 2 is 1.85 bits per heavy atom. The number of nitrogens with one attached hydrogen (secondary N) is 2. The van der Waals surface area contributed by atoms with Gasteiger partial charge in [0.25, 0.3) is 10.0 Å². The van der Waals surface area contributed by atoms with Crippen LogP contribution in [0.2, 0.25) is 0 Å².